The Morgan fingerprint density at radius 3 is 3.21 bits per heavy atom. The lowest BCUT2D eigenvalue weighted by atomic mass is 10.2. The quantitative estimate of drug-likeness (QED) is 0.623. The van der Waals surface area contributed by atoms with Gasteiger partial charge in [0.1, 0.15) is 5.65 Å². The monoisotopic (exact) mass is 186 g/mol. The molecule has 0 fully saturated rings. The molecule has 3 heterocycles. The summed E-state index contributed by atoms with van der Waals surface area (Å²) in [6.45, 7) is 0.794. The lowest BCUT2D eigenvalue weighted by Gasteiger charge is -1.99. The van der Waals surface area contributed by atoms with Crippen molar-refractivity contribution in [1.82, 2.24) is 20.6 Å². The number of pyridine rings is 1. The van der Waals surface area contributed by atoms with Crippen LogP contribution in [0.1, 0.15) is 5.56 Å². The Labute approximate surface area is 81.0 Å². The normalized spacial score (nSPS) is 15.0. The largest absolute Gasteiger partial charge is 0.372 e. The van der Waals surface area contributed by atoms with E-state index in [4.69, 9.17) is 0 Å². The molecule has 14 heavy (non-hydrogen) atoms. The van der Waals surface area contributed by atoms with Crippen molar-refractivity contribution in [1.29, 1.82) is 0 Å². The van der Waals surface area contributed by atoms with Crippen LogP contribution in [0.4, 0.5) is 0 Å². The summed E-state index contributed by atoms with van der Waals surface area (Å²) in [4.78, 5) is 7.39. The van der Waals surface area contributed by atoms with Gasteiger partial charge in [0.2, 0.25) is 0 Å². The number of hydrogen-bond donors (Lipinski definition) is 3. The van der Waals surface area contributed by atoms with Crippen molar-refractivity contribution in [2.75, 3.05) is 6.67 Å². The summed E-state index contributed by atoms with van der Waals surface area (Å²) in [5.41, 5.74) is 3.21. The number of nitrogens with zero attached hydrogens (tertiary/aromatic N) is 1. The second kappa shape index (κ2) is 2.77. The summed E-state index contributed by atoms with van der Waals surface area (Å²) in [6.07, 6.45) is 5.75. The van der Waals surface area contributed by atoms with E-state index in [2.05, 4.69) is 26.7 Å². The molecule has 0 aromatic carbocycles. The third kappa shape index (κ3) is 0.970. The highest BCUT2D eigenvalue weighted by molar-refractivity contribution is 5.90. The van der Waals surface area contributed by atoms with Gasteiger partial charge in [-0.2, -0.15) is 0 Å². The fourth-order valence-electron chi connectivity index (χ4n) is 1.70. The third-order valence-electron chi connectivity index (χ3n) is 2.37. The van der Waals surface area contributed by atoms with Crippen LogP contribution in [0.25, 0.3) is 16.7 Å². The molecule has 0 amide bonds. The molecule has 0 radical (unpaired) electrons. The van der Waals surface area contributed by atoms with Crippen LogP contribution < -0.4 is 10.6 Å². The van der Waals surface area contributed by atoms with E-state index in [9.17, 15) is 0 Å². The summed E-state index contributed by atoms with van der Waals surface area (Å²) < 4.78 is 0. The van der Waals surface area contributed by atoms with Crippen molar-refractivity contribution < 1.29 is 0 Å². The average molecular weight is 186 g/mol. The van der Waals surface area contributed by atoms with Crippen molar-refractivity contribution in [3.8, 4) is 0 Å². The fraction of sp³-hybridized carbons (Fsp3) is 0.100. The van der Waals surface area contributed by atoms with Crippen molar-refractivity contribution in [2.24, 2.45) is 0 Å². The lowest BCUT2D eigenvalue weighted by Crippen LogP contribution is -2.13. The fourth-order valence-corrected chi connectivity index (χ4v) is 1.70. The first kappa shape index (κ1) is 7.44. The van der Waals surface area contributed by atoms with Crippen LogP contribution in [-0.2, 0) is 0 Å². The predicted molar refractivity (Wildman–Crippen MR) is 55.2 cm³/mol. The summed E-state index contributed by atoms with van der Waals surface area (Å²) in [7, 11) is 0. The van der Waals surface area contributed by atoms with E-state index in [1.165, 1.54) is 0 Å². The summed E-state index contributed by atoms with van der Waals surface area (Å²) >= 11 is 0. The zero-order valence-electron chi connectivity index (χ0n) is 7.54. The molecule has 0 unspecified atom stereocenters. The van der Waals surface area contributed by atoms with E-state index in [0.717, 1.165) is 29.0 Å². The van der Waals surface area contributed by atoms with Gasteiger partial charge in [0.05, 0.1) is 12.4 Å². The Kier molecular flexibility index (Phi) is 1.47. The Balaban J connectivity index is 2.21. The molecule has 2 aromatic heterocycles. The van der Waals surface area contributed by atoms with E-state index in [1.807, 2.05) is 18.5 Å². The number of rotatable bonds is 1. The topological polar surface area (TPSA) is 52.7 Å². The first-order chi connectivity index (χ1) is 6.95. The van der Waals surface area contributed by atoms with Gasteiger partial charge in [0.15, 0.2) is 0 Å². The van der Waals surface area contributed by atoms with Crippen LogP contribution in [0, 0.1) is 0 Å². The maximum Gasteiger partial charge on any atom is 0.137 e. The number of hydrogen-bond acceptors (Lipinski definition) is 3. The minimum absolute atomic E-state index is 0.794. The highest BCUT2D eigenvalue weighted by Gasteiger charge is 2.10. The third-order valence-corrected chi connectivity index (χ3v) is 2.37. The van der Waals surface area contributed by atoms with Gasteiger partial charge in [0.25, 0.3) is 0 Å². The summed E-state index contributed by atoms with van der Waals surface area (Å²) in [6, 6.07) is 4.01. The number of H-pyrrole nitrogens is 1. The van der Waals surface area contributed by atoms with E-state index >= 15 is 0 Å². The van der Waals surface area contributed by atoms with Gasteiger partial charge in [-0.1, -0.05) is 0 Å². The number of aromatic nitrogens is 2. The average Bonchev–Trinajstić information content (AvgIpc) is 2.85. The van der Waals surface area contributed by atoms with Gasteiger partial charge in [-0.15, -0.1) is 0 Å². The zero-order chi connectivity index (χ0) is 9.38. The second-order valence-electron chi connectivity index (χ2n) is 3.22. The van der Waals surface area contributed by atoms with Crippen molar-refractivity contribution in [3.63, 3.8) is 0 Å². The molecule has 1 aliphatic rings. The Bertz CT molecular complexity index is 498. The van der Waals surface area contributed by atoms with Crippen LogP contribution in [0.2, 0.25) is 0 Å². The molecule has 0 saturated carbocycles. The SMILES string of the molecule is C1=C(c2c[nH]c3ncccc23)NCN1. The van der Waals surface area contributed by atoms with Crippen molar-refractivity contribution in [2.45, 2.75) is 0 Å². The molecule has 70 valence electrons. The summed E-state index contributed by atoms with van der Waals surface area (Å²) in [5.74, 6) is 0. The highest BCUT2D eigenvalue weighted by atomic mass is 15.1. The predicted octanol–water partition coefficient (Wildman–Crippen LogP) is 1.01. The van der Waals surface area contributed by atoms with Gasteiger partial charge in [0, 0.05) is 29.5 Å². The molecule has 0 spiro atoms. The van der Waals surface area contributed by atoms with E-state index < -0.39 is 0 Å². The second-order valence-corrected chi connectivity index (χ2v) is 3.22. The standard InChI is InChI=1S/C10H10N4/c1-2-7-8(9-5-11-6-14-9)4-13-10(7)12-3-1/h1-5,11,14H,6H2,(H,12,13). The smallest absolute Gasteiger partial charge is 0.137 e. The Hall–Kier alpha value is -1.97. The highest BCUT2D eigenvalue weighted by Crippen LogP contribution is 2.22. The van der Waals surface area contributed by atoms with E-state index in [1.54, 1.807) is 6.20 Å². The maximum absolute atomic E-state index is 4.24. The molecule has 1 aliphatic heterocycles. The molecule has 4 heteroatoms. The molecule has 3 rings (SSSR count). The molecular weight excluding hydrogens is 176 g/mol. The molecule has 2 aromatic rings. The first-order valence-corrected chi connectivity index (χ1v) is 4.55. The Morgan fingerprint density at radius 2 is 2.36 bits per heavy atom. The van der Waals surface area contributed by atoms with E-state index in [-0.39, 0.29) is 0 Å². The van der Waals surface area contributed by atoms with Gasteiger partial charge in [-0.25, -0.2) is 4.98 Å². The molecule has 0 bridgehead atoms. The molecule has 0 atom stereocenters. The zero-order valence-corrected chi connectivity index (χ0v) is 7.54. The van der Waals surface area contributed by atoms with Crippen LogP contribution >= 0.6 is 0 Å². The molecule has 0 aliphatic carbocycles. The maximum atomic E-state index is 4.24. The minimum atomic E-state index is 0.794. The molecule has 3 N–H and O–H groups in total. The van der Waals surface area contributed by atoms with Gasteiger partial charge >= 0.3 is 0 Å². The minimum Gasteiger partial charge on any atom is -0.372 e. The van der Waals surface area contributed by atoms with Crippen molar-refractivity contribution >= 4 is 16.7 Å². The number of aromatic amines is 1. The molecule has 0 saturated heterocycles. The Morgan fingerprint density at radius 1 is 1.36 bits per heavy atom. The molecule has 4 nitrogen and oxygen atoms in total. The lowest BCUT2D eigenvalue weighted by molar-refractivity contribution is 0.843. The van der Waals surface area contributed by atoms with Gasteiger partial charge < -0.3 is 15.6 Å². The van der Waals surface area contributed by atoms with Crippen LogP contribution in [-0.4, -0.2) is 16.6 Å². The summed E-state index contributed by atoms with van der Waals surface area (Å²) in [5, 5.41) is 7.52. The van der Waals surface area contributed by atoms with Gasteiger partial charge in [-0.05, 0) is 12.1 Å². The van der Waals surface area contributed by atoms with Crippen LogP contribution in [0.5, 0.6) is 0 Å². The van der Waals surface area contributed by atoms with Crippen LogP contribution in [0.3, 0.4) is 0 Å². The van der Waals surface area contributed by atoms with Crippen LogP contribution in [0.15, 0.2) is 30.7 Å². The number of fused-ring (bicyclic) bond motifs is 1. The van der Waals surface area contributed by atoms with E-state index in [0.29, 0.717) is 0 Å². The first-order valence-electron chi connectivity index (χ1n) is 4.55. The number of nitrogens with one attached hydrogen (secondary N) is 3. The van der Waals surface area contributed by atoms with Crippen molar-refractivity contribution in [3.05, 3.63) is 36.3 Å². The van der Waals surface area contributed by atoms with Gasteiger partial charge in [-0.3, -0.25) is 0 Å². The molecular formula is C10H10N4.